The van der Waals surface area contributed by atoms with E-state index in [1.165, 1.54) is 5.56 Å². The molecule has 2 aliphatic rings. The molecule has 0 aliphatic carbocycles. The number of hydrazine groups is 1. The van der Waals surface area contributed by atoms with Gasteiger partial charge in [0.2, 0.25) is 5.91 Å². The first-order chi connectivity index (χ1) is 9.15. The van der Waals surface area contributed by atoms with E-state index in [2.05, 4.69) is 63.3 Å². The number of carbonyl (C=O) groups is 1. The van der Waals surface area contributed by atoms with Gasteiger partial charge in [0.05, 0.1) is 11.9 Å². The van der Waals surface area contributed by atoms with Crippen LogP contribution >= 0.6 is 27.7 Å². The third-order valence-corrected chi connectivity index (χ3v) is 5.59. The van der Waals surface area contributed by atoms with Gasteiger partial charge in [0.1, 0.15) is 0 Å². The number of carbonyl (C=O) groups excluding carboxylic acids is 1. The monoisotopic (exact) mass is 341 g/mol. The zero-order valence-electron chi connectivity index (χ0n) is 10.5. The van der Waals surface area contributed by atoms with Crippen LogP contribution in [0.3, 0.4) is 0 Å². The Hall–Kier alpha value is -0.560. The quantitative estimate of drug-likeness (QED) is 0.729. The van der Waals surface area contributed by atoms with Crippen molar-refractivity contribution in [3.63, 3.8) is 0 Å². The number of halogens is 1. The molecule has 0 spiro atoms. The van der Waals surface area contributed by atoms with Gasteiger partial charge >= 0.3 is 0 Å². The number of thioether (sulfide) groups is 1. The Kier molecular flexibility index (Phi) is 3.84. The molecule has 0 bridgehead atoms. The highest BCUT2D eigenvalue weighted by atomic mass is 79.9. The summed E-state index contributed by atoms with van der Waals surface area (Å²) in [6, 6.07) is 8.72. The third-order valence-electron chi connectivity index (χ3n) is 3.69. The topological polar surface area (TPSA) is 53.2 Å². The molecular formula is C13H16BrN3OS. The molecule has 2 saturated heterocycles. The van der Waals surface area contributed by atoms with E-state index in [-0.39, 0.29) is 12.1 Å². The number of rotatable bonds is 1. The van der Waals surface area contributed by atoms with Gasteiger partial charge in [-0.05, 0) is 24.6 Å². The number of nitrogens with one attached hydrogen (secondary N) is 3. The first kappa shape index (κ1) is 13.4. The second-order valence-electron chi connectivity index (χ2n) is 4.98. The minimum Gasteiger partial charge on any atom is -0.338 e. The Morgan fingerprint density at radius 3 is 2.74 bits per heavy atom. The lowest BCUT2D eigenvalue weighted by atomic mass is 9.91. The summed E-state index contributed by atoms with van der Waals surface area (Å²) in [7, 11) is 0. The van der Waals surface area contributed by atoms with Crippen LogP contribution in [-0.4, -0.2) is 23.9 Å². The van der Waals surface area contributed by atoms with Gasteiger partial charge in [0.25, 0.3) is 0 Å². The van der Waals surface area contributed by atoms with Crippen LogP contribution in [-0.2, 0) is 4.79 Å². The summed E-state index contributed by atoms with van der Waals surface area (Å²) in [6.45, 7) is 2.15. The molecule has 3 N–H and O–H groups in total. The molecule has 1 amide bonds. The Morgan fingerprint density at radius 2 is 2.00 bits per heavy atom. The van der Waals surface area contributed by atoms with E-state index in [9.17, 15) is 4.79 Å². The van der Waals surface area contributed by atoms with Gasteiger partial charge in [-0.3, -0.25) is 10.2 Å². The molecule has 2 fully saturated rings. The van der Waals surface area contributed by atoms with Crippen LogP contribution in [0.25, 0.3) is 0 Å². The van der Waals surface area contributed by atoms with Gasteiger partial charge in [0, 0.05) is 21.7 Å². The van der Waals surface area contributed by atoms with Gasteiger partial charge in [-0.2, -0.15) is 0 Å². The molecule has 102 valence electrons. The predicted octanol–water partition coefficient (Wildman–Crippen LogP) is 1.79. The molecule has 0 saturated carbocycles. The van der Waals surface area contributed by atoms with Crippen molar-refractivity contribution in [2.75, 3.05) is 5.75 Å². The zero-order valence-corrected chi connectivity index (χ0v) is 12.9. The second kappa shape index (κ2) is 5.44. The molecule has 4 unspecified atom stereocenters. The maximum absolute atomic E-state index is 11.8. The minimum absolute atomic E-state index is 0.00569. The van der Waals surface area contributed by atoms with Crippen molar-refractivity contribution < 1.29 is 4.79 Å². The number of benzene rings is 1. The van der Waals surface area contributed by atoms with E-state index in [1.807, 2.05) is 0 Å². The number of fused-ring (bicyclic) bond motifs is 1. The largest absolute Gasteiger partial charge is 0.338 e. The summed E-state index contributed by atoms with van der Waals surface area (Å²) < 4.78 is 1.08. The summed E-state index contributed by atoms with van der Waals surface area (Å²) in [5, 5.41) is 3.35. The van der Waals surface area contributed by atoms with E-state index < -0.39 is 0 Å². The van der Waals surface area contributed by atoms with Crippen LogP contribution in [0.15, 0.2) is 28.7 Å². The highest BCUT2D eigenvalue weighted by Gasteiger charge is 2.42. The van der Waals surface area contributed by atoms with Crippen LogP contribution in [0.2, 0.25) is 0 Å². The van der Waals surface area contributed by atoms with Gasteiger partial charge in [-0.15, -0.1) is 11.8 Å². The fourth-order valence-corrected chi connectivity index (χ4v) is 4.38. The van der Waals surface area contributed by atoms with E-state index in [4.69, 9.17) is 0 Å². The maximum Gasteiger partial charge on any atom is 0.231 e. The fraction of sp³-hybridized carbons (Fsp3) is 0.462. The van der Waals surface area contributed by atoms with Crippen LogP contribution < -0.4 is 16.2 Å². The van der Waals surface area contributed by atoms with Crippen molar-refractivity contribution in [1.29, 1.82) is 0 Å². The SMILES string of the molecule is CC1NNC2NC(=O)CSC(c3ccc(Br)cc3)C12. The van der Waals surface area contributed by atoms with E-state index in [1.54, 1.807) is 11.8 Å². The normalized spacial score (nSPS) is 34.5. The van der Waals surface area contributed by atoms with E-state index in [0.717, 1.165) is 4.47 Å². The van der Waals surface area contributed by atoms with Crippen molar-refractivity contribution in [3.8, 4) is 0 Å². The van der Waals surface area contributed by atoms with Gasteiger partial charge in [-0.1, -0.05) is 28.1 Å². The average molecular weight is 342 g/mol. The lowest BCUT2D eigenvalue weighted by Gasteiger charge is -2.27. The Balaban J connectivity index is 1.93. The third kappa shape index (κ3) is 2.67. The van der Waals surface area contributed by atoms with Crippen LogP contribution in [0.5, 0.6) is 0 Å². The average Bonchev–Trinajstić information content (AvgIpc) is 2.65. The van der Waals surface area contributed by atoms with Gasteiger partial charge in [0.15, 0.2) is 0 Å². The Bertz CT molecular complexity index is 481. The van der Waals surface area contributed by atoms with Gasteiger partial charge < -0.3 is 5.32 Å². The van der Waals surface area contributed by atoms with Crippen molar-refractivity contribution in [3.05, 3.63) is 34.3 Å². The zero-order chi connectivity index (χ0) is 13.4. The molecular weight excluding hydrogens is 326 g/mol. The summed E-state index contributed by atoms with van der Waals surface area (Å²) in [4.78, 5) is 11.8. The number of amides is 1. The van der Waals surface area contributed by atoms with Crippen LogP contribution in [0.1, 0.15) is 17.7 Å². The van der Waals surface area contributed by atoms with Crippen LogP contribution in [0, 0.1) is 5.92 Å². The molecule has 2 heterocycles. The standard InChI is InChI=1S/C13H16BrN3OS/c1-7-11-12(8-2-4-9(14)5-3-8)19-6-10(18)15-13(11)17-16-7/h2-5,7,11-13,16-17H,6H2,1H3,(H,15,18). The number of hydrogen-bond donors (Lipinski definition) is 3. The molecule has 2 aliphatic heterocycles. The lowest BCUT2D eigenvalue weighted by Crippen LogP contribution is -2.46. The molecule has 6 heteroatoms. The summed E-state index contributed by atoms with van der Waals surface area (Å²) in [6.07, 6.45) is 0.00569. The fourth-order valence-electron chi connectivity index (χ4n) is 2.73. The summed E-state index contributed by atoms with van der Waals surface area (Å²) in [5.74, 6) is 0.961. The number of hydrogen-bond acceptors (Lipinski definition) is 4. The van der Waals surface area contributed by atoms with Crippen molar-refractivity contribution >= 4 is 33.6 Å². The van der Waals surface area contributed by atoms with Gasteiger partial charge in [-0.25, -0.2) is 5.43 Å². The Labute approximate surface area is 125 Å². The highest BCUT2D eigenvalue weighted by molar-refractivity contribution is 9.10. The Morgan fingerprint density at radius 1 is 1.26 bits per heavy atom. The van der Waals surface area contributed by atoms with E-state index >= 15 is 0 Å². The van der Waals surface area contributed by atoms with Crippen LogP contribution in [0.4, 0.5) is 0 Å². The molecule has 19 heavy (non-hydrogen) atoms. The minimum atomic E-state index is 0.00569. The second-order valence-corrected chi connectivity index (χ2v) is 7.03. The molecule has 0 radical (unpaired) electrons. The lowest BCUT2D eigenvalue weighted by molar-refractivity contribution is -0.119. The smallest absolute Gasteiger partial charge is 0.231 e. The van der Waals surface area contributed by atoms with E-state index in [0.29, 0.717) is 23.0 Å². The maximum atomic E-state index is 11.8. The predicted molar refractivity (Wildman–Crippen MR) is 80.5 cm³/mol. The summed E-state index contributed by atoms with van der Waals surface area (Å²) >= 11 is 5.19. The molecule has 4 nitrogen and oxygen atoms in total. The van der Waals surface area contributed by atoms with Crippen molar-refractivity contribution in [2.24, 2.45) is 5.92 Å². The molecule has 1 aromatic carbocycles. The molecule has 1 aromatic rings. The summed E-state index contributed by atoms with van der Waals surface area (Å²) in [5.41, 5.74) is 7.69. The molecule has 0 aromatic heterocycles. The molecule has 4 atom stereocenters. The van der Waals surface area contributed by atoms with Crippen molar-refractivity contribution in [1.82, 2.24) is 16.2 Å². The first-order valence-electron chi connectivity index (χ1n) is 6.32. The first-order valence-corrected chi connectivity index (χ1v) is 8.17. The van der Waals surface area contributed by atoms with Crippen molar-refractivity contribution in [2.45, 2.75) is 24.4 Å². The highest BCUT2D eigenvalue weighted by Crippen LogP contribution is 2.42. The molecule has 3 rings (SSSR count).